The van der Waals surface area contributed by atoms with Gasteiger partial charge in [-0.25, -0.2) is 0 Å². The van der Waals surface area contributed by atoms with Gasteiger partial charge in [-0.05, 0) is 44.1 Å². The molecule has 32 heavy (non-hydrogen) atoms. The van der Waals surface area contributed by atoms with Gasteiger partial charge in [0.15, 0.2) is 0 Å². The standard InChI is InChI=1S/C24H31N5O3/c30-16-19-18-15-28-20(7-5-8-21(28)31)22(18)29(14-17-6-1-2-9-25-17)23(19)24(32)26-10-13-27-11-3-4-12-27/h1-2,5-9,18-19,22-23,30H,3-4,10-16H2,(H,26,32)/t18-,19-,22+,23-/m0/s1. The fourth-order valence-electron chi connectivity index (χ4n) is 5.86. The predicted octanol–water partition coefficient (Wildman–Crippen LogP) is 0.619. The van der Waals surface area contributed by atoms with E-state index in [-0.39, 0.29) is 36.0 Å². The molecule has 170 valence electrons. The second kappa shape index (κ2) is 9.13. The van der Waals surface area contributed by atoms with Gasteiger partial charge in [-0.1, -0.05) is 12.1 Å². The highest BCUT2D eigenvalue weighted by Crippen LogP contribution is 2.49. The number of carbonyl (C=O) groups excluding carboxylic acids is 1. The summed E-state index contributed by atoms with van der Waals surface area (Å²) >= 11 is 0. The average molecular weight is 438 g/mol. The zero-order chi connectivity index (χ0) is 22.1. The van der Waals surface area contributed by atoms with Crippen molar-refractivity contribution in [3.63, 3.8) is 0 Å². The first-order valence-corrected chi connectivity index (χ1v) is 11.6. The molecule has 8 nitrogen and oxygen atoms in total. The predicted molar refractivity (Wildman–Crippen MR) is 120 cm³/mol. The van der Waals surface area contributed by atoms with Crippen LogP contribution in [0.3, 0.4) is 0 Å². The molecule has 4 atom stereocenters. The summed E-state index contributed by atoms with van der Waals surface area (Å²) in [7, 11) is 0. The molecule has 0 aromatic carbocycles. The number of nitrogens with one attached hydrogen (secondary N) is 1. The molecule has 1 amide bonds. The molecule has 0 saturated carbocycles. The van der Waals surface area contributed by atoms with Gasteiger partial charge in [-0.15, -0.1) is 0 Å². The van der Waals surface area contributed by atoms with Crippen LogP contribution in [-0.2, 0) is 17.9 Å². The van der Waals surface area contributed by atoms with E-state index in [0.29, 0.717) is 19.6 Å². The third kappa shape index (κ3) is 3.87. The lowest BCUT2D eigenvalue weighted by atomic mass is 9.88. The summed E-state index contributed by atoms with van der Waals surface area (Å²) in [6, 6.07) is 10.5. The fraction of sp³-hybridized carbons (Fsp3) is 0.542. The number of nitrogens with zero attached hydrogens (tertiary/aromatic N) is 4. The van der Waals surface area contributed by atoms with E-state index in [1.807, 2.05) is 24.3 Å². The van der Waals surface area contributed by atoms with Gasteiger partial charge in [0.1, 0.15) is 0 Å². The average Bonchev–Trinajstić information content (AvgIpc) is 3.51. The van der Waals surface area contributed by atoms with E-state index in [9.17, 15) is 14.7 Å². The lowest BCUT2D eigenvalue weighted by Gasteiger charge is -2.30. The molecule has 2 saturated heterocycles. The number of fused-ring (bicyclic) bond motifs is 3. The van der Waals surface area contributed by atoms with Crippen molar-refractivity contribution in [3.05, 3.63) is 64.3 Å². The lowest BCUT2D eigenvalue weighted by Crippen LogP contribution is -2.49. The van der Waals surface area contributed by atoms with E-state index in [1.54, 1.807) is 22.9 Å². The molecule has 0 spiro atoms. The highest BCUT2D eigenvalue weighted by Gasteiger charge is 2.55. The van der Waals surface area contributed by atoms with Gasteiger partial charge < -0.3 is 19.9 Å². The third-order valence-corrected chi connectivity index (χ3v) is 7.33. The number of carbonyl (C=O) groups is 1. The molecule has 0 unspecified atom stereocenters. The topological polar surface area (TPSA) is 90.7 Å². The van der Waals surface area contributed by atoms with Crippen molar-refractivity contribution in [2.45, 2.75) is 38.0 Å². The van der Waals surface area contributed by atoms with Gasteiger partial charge in [0, 0.05) is 62.6 Å². The van der Waals surface area contributed by atoms with Crippen LogP contribution in [0.1, 0.15) is 30.3 Å². The van der Waals surface area contributed by atoms with Crippen molar-refractivity contribution in [2.24, 2.45) is 11.8 Å². The minimum atomic E-state index is -0.459. The number of hydrogen-bond acceptors (Lipinski definition) is 6. The molecule has 3 aliphatic rings. The Balaban J connectivity index is 1.42. The molecular formula is C24H31N5O3. The molecule has 8 heteroatoms. The Hall–Kier alpha value is -2.55. The maximum atomic E-state index is 13.4. The largest absolute Gasteiger partial charge is 0.396 e. The number of likely N-dealkylation sites (tertiary alicyclic amines) is 2. The monoisotopic (exact) mass is 437 g/mol. The Kier molecular flexibility index (Phi) is 6.08. The van der Waals surface area contributed by atoms with Crippen LogP contribution in [0.15, 0.2) is 47.4 Å². The van der Waals surface area contributed by atoms with Crippen molar-refractivity contribution in [3.8, 4) is 0 Å². The van der Waals surface area contributed by atoms with Crippen molar-refractivity contribution in [1.82, 2.24) is 24.7 Å². The number of rotatable bonds is 7. The normalized spacial score (nSPS) is 27.4. The first kappa shape index (κ1) is 21.3. The van der Waals surface area contributed by atoms with Gasteiger partial charge in [-0.3, -0.25) is 19.5 Å². The van der Waals surface area contributed by atoms with Crippen LogP contribution in [0, 0.1) is 11.8 Å². The van der Waals surface area contributed by atoms with Gasteiger partial charge in [-0.2, -0.15) is 0 Å². The Bertz CT molecular complexity index is 1000. The van der Waals surface area contributed by atoms with E-state index in [4.69, 9.17) is 0 Å². The summed E-state index contributed by atoms with van der Waals surface area (Å²) < 4.78 is 1.80. The molecule has 2 N–H and O–H groups in total. The first-order valence-electron chi connectivity index (χ1n) is 11.6. The third-order valence-electron chi connectivity index (χ3n) is 7.33. The van der Waals surface area contributed by atoms with Gasteiger partial charge in [0.25, 0.3) is 5.56 Å². The smallest absolute Gasteiger partial charge is 0.250 e. The van der Waals surface area contributed by atoms with Crippen LogP contribution in [0.25, 0.3) is 0 Å². The van der Waals surface area contributed by atoms with Crippen LogP contribution in [0.5, 0.6) is 0 Å². The van der Waals surface area contributed by atoms with E-state index in [1.165, 1.54) is 12.8 Å². The number of hydrogen-bond donors (Lipinski definition) is 2. The highest BCUT2D eigenvalue weighted by atomic mass is 16.3. The molecule has 5 rings (SSSR count). The maximum absolute atomic E-state index is 13.4. The number of amides is 1. The number of aliphatic hydroxyl groups excluding tert-OH is 1. The first-order chi connectivity index (χ1) is 15.7. The zero-order valence-electron chi connectivity index (χ0n) is 18.3. The van der Waals surface area contributed by atoms with Gasteiger partial charge >= 0.3 is 0 Å². The maximum Gasteiger partial charge on any atom is 0.250 e. The molecule has 0 bridgehead atoms. The molecule has 0 radical (unpaired) electrons. The Morgan fingerprint density at radius 3 is 2.75 bits per heavy atom. The Morgan fingerprint density at radius 2 is 2.00 bits per heavy atom. The van der Waals surface area contributed by atoms with E-state index in [0.717, 1.165) is 31.0 Å². The molecule has 2 aromatic heterocycles. The van der Waals surface area contributed by atoms with Crippen LogP contribution < -0.4 is 10.9 Å². The quantitative estimate of drug-likeness (QED) is 0.660. The number of aliphatic hydroxyl groups is 1. The summed E-state index contributed by atoms with van der Waals surface area (Å²) in [6.07, 6.45) is 4.21. The lowest BCUT2D eigenvalue weighted by molar-refractivity contribution is -0.128. The zero-order valence-corrected chi connectivity index (χ0v) is 18.3. The molecule has 2 aromatic rings. The minimum absolute atomic E-state index is 0.00754. The van der Waals surface area contributed by atoms with Crippen molar-refractivity contribution in [1.29, 1.82) is 0 Å². The summed E-state index contributed by atoms with van der Waals surface area (Å²) in [5.41, 5.74) is 1.76. The van der Waals surface area contributed by atoms with Crippen LogP contribution in [-0.4, -0.2) is 69.2 Å². The SMILES string of the molecule is O=C(NCCN1CCCC1)[C@@H]1[C@@H](CO)[C@@H]2Cn3c(cccc3=O)[C@@H]2N1Cc1ccccn1. The summed E-state index contributed by atoms with van der Waals surface area (Å²) in [4.78, 5) is 34.9. The van der Waals surface area contributed by atoms with E-state index < -0.39 is 6.04 Å². The number of aromatic nitrogens is 2. The number of pyridine rings is 2. The van der Waals surface area contributed by atoms with Crippen LogP contribution in [0.2, 0.25) is 0 Å². The second-order valence-corrected chi connectivity index (χ2v) is 9.13. The molecule has 3 aliphatic heterocycles. The summed E-state index contributed by atoms with van der Waals surface area (Å²) in [5, 5.41) is 13.5. The van der Waals surface area contributed by atoms with Crippen molar-refractivity contribution < 1.29 is 9.90 Å². The second-order valence-electron chi connectivity index (χ2n) is 9.13. The Labute approximate surface area is 187 Å². The van der Waals surface area contributed by atoms with E-state index in [2.05, 4.69) is 20.1 Å². The minimum Gasteiger partial charge on any atom is -0.396 e. The van der Waals surface area contributed by atoms with Crippen molar-refractivity contribution in [2.75, 3.05) is 32.8 Å². The summed E-state index contributed by atoms with van der Waals surface area (Å²) in [6.45, 7) is 4.59. The van der Waals surface area contributed by atoms with Crippen LogP contribution >= 0.6 is 0 Å². The molecule has 0 aliphatic carbocycles. The van der Waals surface area contributed by atoms with Gasteiger partial charge in [0.2, 0.25) is 5.91 Å². The van der Waals surface area contributed by atoms with Crippen LogP contribution in [0.4, 0.5) is 0 Å². The molecule has 2 fully saturated rings. The summed E-state index contributed by atoms with van der Waals surface area (Å²) in [5.74, 6) is -0.277. The molecule has 5 heterocycles. The molecular weight excluding hydrogens is 406 g/mol. The fourth-order valence-corrected chi connectivity index (χ4v) is 5.86. The van der Waals surface area contributed by atoms with Gasteiger partial charge in [0.05, 0.1) is 17.8 Å². The van der Waals surface area contributed by atoms with Crippen molar-refractivity contribution >= 4 is 5.91 Å². The highest BCUT2D eigenvalue weighted by molar-refractivity contribution is 5.82. The Morgan fingerprint density at radius 1 is 1.16 bits per heavy atom. The van der Waals surface area contributed by atoms with E-state index >= 15 is 0 Å².